The lowest BCUT2D eigenvalue weighted by molar-refractivity contribution is 0.586. The molecule has 1 fully saturated rings. The van der Waals surface area contributed by atoms with Crippen LogP contribution < -0.4 is 10.2 Å². The Hall–Kier alpha value is -0.660. The number of rotatable bonds is 1. The molecule has 0 bridgehead atoms. The van der Waals surface area contributed by atoms with Crippen LogP contribution in [0.25, 0.3) is 10.9 Å². The number of hydrogen-bond acceptors (Lipinski definition) is 4. The Bertz CT molecular complexity index is 543. The van der Waals surface area contributed by atoms with Gasteiger partial charge in [0.25, 0.3) is 0 Å². The highest BCUT2D eigenvalue weighted by Gasteiger charge is 2.14. The molecule has 2 aromatic rings. The van der Waals surface area contributed by atoms with Crippen molar-refractivity contribution in [1.82, 2.24) is 15.3 Å². The van der Waals surface area contributed by atoms with Crippen LogP contribution >= 0.6 is 35.0 Å². The summed E-state index contributed by atoms with van der Waals surface area (Å²) in [4.78, 5) is 11.1. The molecule has 0 radical (unpaired) electrons. The molecular formula is C12H14ClIN4. The van der Waals surface area contributed by atoms with Crippen molar-refractivity contribution >= 4 is 51.7 Å². The summed E-state index contributed by atoms with van der Waals surface area (Å²) in [6, 6.07) is 6.30. The van der Waals surface area contributed by atoms with Crippen molar-refractivity contribution in [2.45, 2.75) is 0 Å². The van der Waals surface area contributed by atoms with E-state index in [1.807, 2.05) is 0 Å². The molecule has 96 valence electrons. The van der Waals surface area contributed by atoms with E-state index in [4.69, 9.17) is 0 Å². The monoisotopic (exact) mass is 376 g/mol. The van der Waals surface area contributed by atoms with E-state index in [-0.39, 0.29) is 12.4 Å². The van der Waals surface area contributed by atoms with Gasteiger partial charge in [-0.25, -0.2) is 9.97 Å². The Labute approximate surface area is 126 Å². The smallest absolute Gasteiger partial charge is 0.140 e. The molecule has 4 nitrogen and oxygen atoms in total. The van der Waals surface area contributed by atoms with Crippen LogP contribution in [0.1, 0.15) is 0 Å². The standard InChI is InChI=1S/C12H13IN4.ClH/c13-9-1-2-11-10(7-9)12(16-8-15-11)17-5-3-14-4-6-17;/h1-2,7-8,14H,3-6H2;1H. The largest absolute Gasteiger partial charge is 0.353 e. The van der Waals surface area contributed by atoms with Gasteiger partial charge < -0.3 is 10.2 Å². The molecule has 18 heavy (non-hydrogen) atoms. The van der Waals surface area contributed by atoms with Crippen LogP contribution in [0.3, 0.4) is 0 Å². The van der Waals surface area contributed by atoms with Gasteiger partial charge in [0.15, 0.2) is 0 Å². The quantitative estimate of drug-likeness (QED) is 0.774. The fourth-order valence-corrected chi connectivity index (χ4v) is 2.64. The lowest BCUT2D eigenvalue weighted by Crippen LogP contribution is -2.44. The average Bonchev–Trinajstić information content (AvgIpc) is 2.39. The highest BCUT2D eigenvalue weighted by molar-refractivity contribution is 14.1. The number of hydrogen-bond donors (Lipinski definition) is 1. The predicted octanol–water partition coefficient (Wildman–Crippen LogP) is 2.07. The lowest BCUT2D eigenvalue weighted by atomic mass is 10.2. The molecule has 1 aliphatic heterocycles. The highest BCUT2D eigenvalue weighted by atomic mass is 127. The molecule has 1 aromatic carbocycles. The molecule has 0 unspecified atom stereocenters. The molecule has 3 rings (SSSR count). The number of benzene rings is 1. The number of piperazine rings is 1. The summed E-state index contributed by atoms with van der Waals surface area (Å²) in [7, 11) is 0. The Balaban J connectivity index is 0.00000120. The molecule has 6 heteroatoms. The Morgan fingerprint density at radius 1 is 1.17 bits per heavy atom. The van der Waals surface area contributed by atoms with Crippen LogP contribution in [-0.2, 0) is 0 Å². The van der Waals surface area contributed by atoms with Crippen molar-refractivity contribution in [3.05, 3.63) is 28.1 Å². The maximum absolute atomic E-state index is 4.46. The first-order chi connectivity index (χ1) is 8.34. The van der Waals surface area contributed by atoms with Crippen LogP contribution in [-0.4, -0.2) is 36.1 Å². The van der Waals surface area contributed by atoms with Crippen molar-refractivity contribution in [2.24, 2.45) is 0 Å². The molecular weight excluding hydrogens is 363 g/mol. The summed E-state index contributed by atoms with van der Waals surface area (Å²) >= 11 is 2.33. The molecule has 0 spiro atoms. The molecule has 0 aliphatic carbocycles. The van der Waals surface area contributed by atoms with E-state index in [0.29, 0.717) is 0 Å². The van der Waals surface area contributed by atoms with Crippen LogP contribution in [0.4, 0.5) is 5.82 Å². The van der Waals surface area contributed by atoms with Crippen molar-refractivity contribution in [3.8, 4) is 0 Å². The minimum Gasteiger partial charge on any atom is -0.353 e. The Kier molecular flexibility index (Phi) is 4.58. The predicted molar refractivity (Wildman–Crippen MR) is 84.6 cm³/mol. The second-order valence-corrected chi connectivity index (χ2v) is 5.34. The summed E-state index contributed by atoms with van der Waals surface area (Å²) in [5.74, 6) is 1.06. The van der Waals surface area contributed by atoms with Crippen molar-refractivity contribution in [2.75, 3.05) is 31.1 Å². The molecule has 0 saturated carbocycles. The second kappa shape index (κ2) is 5.99. The SMILES string of the molecule is Cl.Ic1ccc2ncnc(N3CCNCC3)c2c1. The van der Waals surface area contributed by atoms with Gasteiger partial charge in [0, 0.05) is 35.1 Å². The summed E-state index contributed by atoms with van der Waals surface area (Å²) in [6.45, 7) is 4.07. The summed E-state index contributed by atoms with van der Waals surface area (Å²) in [5.41, 5.74) is 1.02. The zero-order valence-electron chi connectivity index (χ0n) is 9.77. The zero-order valence-corrected chi connectivity index (χ0v) is 12.7. The molecule has 0 atom stereocenters. The lowest BCUT2D eigenvalue weighted by Gasteiger charge is -2.29. The first-order valence-electron chi connectivity index (χ1n) is 5.70. The van der Waals surface area contributed by atoms with E-state index in [1.165, 1.54) is 3.57 Å². The van der Waals surface area contributed by atoms with Gasteiger partial charge in [0.2, 0.25) is 0 Å². The van der Waals surface area contributed by atoms with Crippen molar-refractivity contribution in [1.29, 1.82) is 0 Å². The summed E-state index contributed by atoms with van der Waals surface area (Å²) < 4.78 is 1.22. The second-order valence-electron chi connectivity index (χ2n) is 4.10. The third-order valence-corrected chi connectivity index (χ3v) is 3.66. The van der Waals surface area contributed by atoms with Gasteiger partial charge in [-0.15, -0.1) is 12.4 Å². The van der Waals surface area contributed by atoms with Crippen LogP contribution in [0.5, 0.6) is 0 Å². The Morgan fingerprint density at radius 2 is 1.94 bits per heavy atom. The van der Waals surface area contributed by atoms with Gasteiger partial charge in [0.05, 0.1) is 5.52 Å². The maximum atomic E-state index is 4.46. The van der Waals surface area contributed by atoms with Crippen LogP contribution in [0, 0.1) is 3.57 Å². The van der Waals surface area contributed by atoms with E-state index in [1.54, 1.807) is 6.33 Å². The maximum Gasteiger partial charge on any atom is 0.140 e. The van der Waals surface area contributed by atoms with Gasteiger partial charge in [0.1, 0.15) is 12.1 Å². The third kappa shape index (κ3) is 2.67. The number of fused-ring (bicyclic) bond motifs is 1. The van der Waals surface area contributed by atoms with Crippen LogP contribution in [0.15, 0.2) is 24.5 Å². The minimum atomic E-state index is 0. The van der Waals surface area contributed by atoms with E-state index in [2.05, 4.69) is 61.0 Å². The third-order valence-electron chi connectivity index (χ3n) is 2.99. The summed E-state index contributed by atoms with van der Waals surface area (Å²) in [5, 5.41) is 4.51. The van der Waals surface area contributed by atoms with E-state index in [9.17, 15) is 0 Å². The van der Waals surface area contributed by atoms with E-state index >= 15 is 0 Å². The van der Waals surface area contributed by atoms with Crippen LogP contribution in [0.2, 0.25) is 0 Å². The minimum absolute atomic E-state index is 0. The molecule has 1 saturated heterocycles. The van der Waals surface area contributed by atoms with Crippen molar-refractivity contribution < 1.29 is 0 Å². The summed E-state index contributed by atoms with van der Waals surface area (Å²) in [6.07, 6.45) is 1.66. The number of nitrogens with zero attached hydrogens (tertiary/aromatic N) is 3. The molecule has 1 N–H and O–H groups in total. The fourth-order valence-electron chi connectivity index (χ4n) is 2.14. The molecule has 1 aromatic heterocycles. The van der Waals surface area contributed by atoms with Gasteiger partial charge in [-0.2, -0.15) is 0 Å². The molecule has 1 aliphatic rings. The Morgan fingerprint density at radius 3 is 2.72 bits per heavy atom. The van der Waals surface area contributed by atoms with Gasteiger partial charge in [-0.05, 0) is 40.8 Å². The van der Waals surface area contributed by atoms with E-state index < -0.39 is 0 Å². The topological polar surface area (TPSA) is 41.1 Å². The number of halogens is 2. The van der Waals surface area contributed by atoms with Gasteiger partial charge in [-0.3, -0.25) is 0 Å². The first-order valence-corrected chi connectivity index (χ1v) is 6.78. The van der Waals surface area contributed by atoms with E-state index in [0.717, 1.165) is 42.9 Å². The first kappa shape index (κ1) is 13.8. The van der Waals surface area contributed by atoms with Crippen molar-refractivity contribution in [3.63, 3.8) is 0 Å². The number of anilines is 1. The number of nitrogens with one attached hydrogen (secondary N) is 1. The highest BCUT2D eigenvalue weighted by Crippen LogP contribution is 2.24. The molecule has 2 heterocycles. The normalized spacial score (nSPS) is 15.5. The molecule has 0 amide bonds. The number of aromatic nitrogens is 2. The fraction of sp³-hybridized carbons (Fsp3) is 0.333. The van der Waals surface area contributed by atoms with Gasteiger partial charge >= 0.3 is 0 Å². The van der Waals surface area contributed by atoms with Gasteiger partial charge in [-0.1, -0.05) is 0 Å². The zero-order chi connectivity index (χ0) is 11.7. The average molecular weight is 377 g/mol.